The second kappa shape index (κ2) is 5.29. The number of nitrogens with one attached hydrogen (secondary N) is 1. The van der Waals surface area contributed by atoms with Gasteiger partial charge < -0.3 is 10.4 Å². The number of hydrogen-bond donors (Lipinski definition) is 2. The number of carbonyl (C=O) groups is 1. The van der Waals surface area contributed by atoms with Gasteiger partial charge in [0.25, 0.3) is 5.91 Å². The molecule has 0 spiro atoms. The summed E-state index contributed by atoms with van der Waals surface area (Å²) >= 11 is 4.89. The van der Waals surface area contributed by atoms with Crippen LogP contribution >= 0.6 is 27.3 Å². The van der Waals surface area contributed by atoms with E-state index < -0.39 is 0 Å². The van der Waals surface area contributed by atoms with Gasteiger partial charge in [0.15, 0.2) is 5.69 Å². The number of pyridine rings is 1. The number of halogens is 1. The molecule has 0 fully saturated rings. The zero-order chi connectivity index (χ0) is 12.3. The standard InChI is InChI=1S/C11H9BrN2O2S/c12-7-4-8(17-6-7)5-14-11(16)10-9(15)2-1-3-13-10/h1-4,6,15H,5H2,(H,14,16). The van der Waals surface area contributed by atoms with E-state index in [1.54, 1.807) is 17.4 Å². The van der Waals surface area contributed by atoms with E-state index in [9.17, 15) is 9.90 Å². The van der Waals surface area contributed by atoms with Crippen molar-refractivity contribution in [1.82, 2.24) is 10.3 Å². The Balaban J connectivity index is 2.01. The summed E-state index contributed by atoms with van der Waals surface area (Å²) in [5.41, 5.74) is 0.0446. The molecule has 0 aliphatic carbocycles. The number of rotatable bonds is 3. The van der Waals surface area contributed by atoms with Gasteiger partial charge >= 0.3 is 0 Å². The monoisotopic (exact) mass is 312 g/mol. The minimum absolute atomic E-state index is 0.0446. The van der Waals surface area contributed by atoms with Crippen LogP contribution in [0, 0.1) is 0 Å². The van der Waals surface area contributed by atoms with Gasteiger partial charge in [-0.15, -0.1) is 11.3 Å². The molecule has 88 valence electrons. The lowest BCUT2D eigenvalue weighted by Gasteiger charge is -2.04. The van der Waals surface area contributed by atoms with Crippen LogP contribution in [0.15, 0.2) is 34.2 Å². The van der Waals surface area contributed by atoms with Gasteiger partial charge in [0, 0.05) is 20.9 Å². The molecule has 0 unspecified atom stereocenters. The molecule has 0 aromatic carbocycles. The normalized spacial score (nSPS) is 10.2. The van der Waals surface area contributed by atoms with Crippen LogP contribution in [0.1, 0.15) is 15.4 Å². The van der Waals surface area contributed by atoms with E-state index in [0.29, 0.717) is 6.54 Å². The SMILES string of the molecule is O=C(NCc1cc(Br)cs1)c1ncccc1O. The lowest BCUT2D eigenvalue weighted by molar-refractivity contribution is 0.0943. The topological polar surface area (TPSA) is 62.2 Å². The molecule has 4 nitrogen and oxygen atoms in total. The van der Waals surface area contributed by atoms with Gasteiger partial charge in [0.05, 0.1) is 6.54 Å². The molecule has 2 N–H and O–H groups in total. The summed E-state index contributed by atoms with van der Waals surface area (Å²) < 4.78 is 0.993. The van der Waals surface area contributed by atoms with Crippen LogP contribution in [0.5, 0.6) is 5.75 Å². The van der Waals surface area contributed by atoms with Crippen molar-refractivity contribution in [2.24, 2.45) is 0 Å². The van der Waals surface area contributed by atoms with Crippen molar-refractivity contribution >= 4 is 33.2 Å². The van der Waals surface area contributed by atoms with E-state index in [1.807, 2.05) is 11.4 Å². The summed E-state index contributed by atoms with van der Waals surface area (Å²) in [4.78, 5) is 16.6. The Morgan fingerprint density at radius 1 is 1.59 bits per heavy atom. The fourth-order valence-corrected chi connectivity index (χ4v) is 2.66. The maximum Gasteiger partial charge on any atom is 0.274 e. The van der Waals surface area contributed by atoms with Gasteiger partial charge in [0.2, 0.25) is 0 Å². The summed E-state index contributed by atoms with van der Waals surface area (Å²) in [5.74, 6) is -0.495. The molecule has 0 radical (unpaired) electrons. The minimum Gasteiger partial charge on any atom is -0.505 e. The van der Waals surface area contributed by atoms with E-state index >= 15 is 0 Å². The first-order chi connectivity index (χ1) is 8.16. The van der Waals surface area contributed by atoms with Crippen molar-refractivity contribution < 1.29 is 9.90 Å². The third-order valence-corrected chi connectivity index (χ3v) is 3.74. The van der Waals surface area contributed by atoms with Gasteiger partial charge in [-0.25, -0.2) is 4.98 Å². The van der Waals surface area contributed by atoms with E-state index in [2.05, 4.69) is 26.2 Å². The Hall–Kier alpha value is -1.40. The Bertz CT molecular complexity index is 542. The molecule has 6 heteroatoms. The van der Waals surface area contributed by atoms with Crippen LogP contribution in [0.25, 0.3) is 0 Å². The molecule has 0 atom stereocenters. The fourth-order valence-electron chi connectivity index (χ4n) is 1.27. The highest BCUT2D eigenvalue weighted by molar-refractivity contribution is 9.10. The van der Waals surface area contributed by atoms with Gasteiger partial charge in [-0.05, 0) is 34.1 Å². The van der Waals surface area contributed by atoms with E-state index in [0.717, 1.165) is 9.35 Å². The number of amides is 1. The molecule has 0 saturated heterocycles. The maximum absolute atomic E-state index is 11.7. The molecule has 2 heterocycles. The van der Waals surface area contributed by atoms with Crippen molar-refractivity contribution in [3.63, 3.8) is 0 Å². The quantitative estimate of drug-likeness (QED) is 0.915. The van der Waals surface area contributed by atoms with Crippen molar-refractivity contribution in [2.45, 2.75) is 6.54 Å². The van der Waals surface area contributed by atoms with Crippen molar-refractivity contribution in [3.05, 3.63) is 44.8 Å². The number of carbonyl (C=O) groups excluding carboxylic acids is 1. The van der Waals surface area contributed by atoms with Crippen LogP contribution < -0.4 is 5.32 Å². The highest BCUT2D eigenvalue weighted by Gasteiger charge is 2.11. The molecule has 2 aromatic heterocycles. The number of nitrogens with zero attached hydrogens (tertiary/aromatic N) is 1. The fraction of sp³-hybridized carbons (Fsp3) is 0.0909. The molecule has 2 aromatic rings. The maximum atomic E-state index is 11.7. The van der Waals surface area contributed by atoms with Gasteiger partial charge in [-0.3, -0.25) is 4.79 Å². The van der Waals surface area contributed by atoms with Crippen LogP contribution in [0.2, 0.25) is 0 Å². The molecule has 1 amide bonds. The van der Waals surface area contributed by atoms with Gasteiger partial charge in [0.1, 0.15) is 5.75 Å². The Labute approximate surface area is 110 Å². The molecule has 0 aliphatic heterocycles. The van der Waals surface area contributed by atoms with Crippen LogP contribution in [-0.2, 0) is 6.54 Å². The zero-order valence-electron chi connectivity index (χ0n) is 8.68. The Morgan fingerprint density at radius 2 is 2.41 bits per heavy atom. The first-order valence-electron chi connectivity index (χ1n) is 4.82. The summed E-state index contributed by atoms with van der Waals surface area (Å²) in [5, 5.41) is 14.1. The lowest BCUT2D eigenvalue weighted by atomic mass is 10.3. The van der Waals surface area contributed by atoms with Gasteiger partial charge in [-0.2, -0.15) is 0 Å². The van der Waals surface area contributed by atoms with E-state index in [4.69, 9.17) is 0 Å². The van der Waals surface area contributed by atoms with E-state index in [1.165, 1.54) is 12.3 Å². The number of thiophene rings is 1. The smallest absolute Gasteiger partial charge is 0.274 e. The number of aromatic nitrogens is 1. The lowest BCUT2D eigenvalue weighted by Crippen LogP contribution is -2.23. The molecule has 2 rings (SSSR count). The summed E-state index contributed by atoms with van der Waals surface area (Å²) in [6.07, 6.45) is 1.47. The largest absolute Gasteiger partial charge is 0.505 e. The summed E-state index contributed by atoms with van der Waals surface area (Å²) in [6.45, 7) is 0.422. The first-order valence-corrected chi connectivity index (χ1v) is 6.49. The predicted octanol–water partition coefficient (Wildman–Crippen LogP) is 2.54. The second-order valence-electron chi connectivity index (χ2n) is 3.29. The zero-order valence-corrected chi connectivity index (χ0v) is 11.1. The molecule has 0 saturated carbocycles. The van der Waals surface area contributed by atoms with Crippen molar-refractivity contribution in [2.75, 3.05) is 0 Å². The van der Waals surface area contributed by atoms with E-state index in [-0.39, 0.29) is 17.4 Å². The summed E-state index contributed by atoms with van der Waals surface area (Å²) in [7, 11) is 0. The first kappa shape index (κ1) is 12.1. The molecule has 0 bridgehead atoms. The second-order valence-corrected chi connectivity index (χ2v) is 5.20. The Morgan fingerprint density at radius 3 is 3.06 bits per heavy atom. The van der Waals surface area contributed by atoms with Crippen LogP contribution in [-0.4, -0.2) is 16.0 Å². The van der Waals surface area contributed by atoms with Gasteiger partial charge in [-0.1, -0.05) is 0 Å². The summed E-state index contributed by atoms with van der Waals surface area (Å²) in [6, 6.07) is 4.94. The average Bonchev–Trinajstić information content (AvgIpc) is 2.73. The number of hydrogen-bond acceptors (Lipinski definition) is 4. The highest BCUT2D eigenvalue weighted by atomic mass is 79.9. The number of aromatic hydroxyl groups is 1. The van der Waals surface area contributed by atoms with Crippen molar-refractivity contribution in [1.29, 1.82) is 0 Å². The Kier molecular flexibility index (Phi) is 3.75. The third kappa shape index (κ3) is 3.04. The predicted molar refractivity (Wildman–Crippen MR) is 69.1 cm³/mol. The van der Waals surface area contributed by atoms with Crippen LogP contribution in [0.3, 0.4) is 0 Å². The molecular formula is C11H9BrN2O2S. The highest BCUT2D eigenvalue weighted by Crippen LogP contribution is 2.19. The molecule has 0 aliphatic rings. The third-order valence-electron chi connectivity index (χ3n) is 2.05. The average molecular weight is 313 g/mol. The van der Waals surface area contributed by atoms with Crippen molar-refractivity contribution in [3.8, 4) is 5.75 Å². The molecular weight excluding hydrogens is 304 g/mol. The molecule has 17 heavy (non-hydrogen) atoms. The van der Waals surface area contributed by atoms with Crippen LogP contribution in [0.4, 0.5) is 0 Å². The minimum atomic E-state index is -0.382.